The number of phenolic OH excluding ortho intramolecular Hbond substituents is 1. The predicted molar refractivity (Wildman–Crippen MR) is 239 cm³/mol. The Kier molecular flexibility index (Phi) is 13.4. The number of carbonyl (C=O) groups excluding carboxylic acids is 2. The Labute approximate surface area is 363 Å². The highest BCUT2D eigenvalue weighted by molar-refractivity contribution is 6.32. The zero-order valence-corrected chi connectivity index (χ0v) is 36.5. The van der Waals surface area contributed by atoms with Crippen LogP contribution in [-0.2, 0) is 18.6 Å². The summed E-state index contributed by atoms with van der Waals surface area (Å²) < 4.78 is 23.5. The molecule has 0 aliphatic heterocycles. The second kappa shape index (κ2) is 18.5. The summed E-state index contributed by atoms with van der Waals surface area (Å²) in [5, 5.41) is 23.4. The number of aromatic hydroxyl groups is 1. The number of carbonyl (C=O) groups is 2. The first-order valence-electron chi connectivity index (χ1n) is 19.5. The Morgan fingerprint density at radius 2 is 1.66 bits per heavy atom. The van der Waals surface area contributed by atoms with E-state index in [1.54, 1.807) is 43.3 Å². The lowest BCUT2D eigenvalue weighted by molar-refractivity contribution is 0.0954. The summed E-state index contributed by atoms with van der Waals surface area (Å²) >= 11 is 12.7. The number of rotatable bonds is 13. The minimum Gasteiger partial charge on any atom is -0.506 e. The Hall–Kier alpha value is -6.31. The van der Waals surface area contributed by atoms with Crippen LogP contribution in [0.25, 0.3) is 11.4 Å². The molecule has 12 nitrogen and oxygen atoms in total. The highest BCUT2D eigenvalue weighted by atomic mass is 35.5. The molecule has 0 aliphatic rings. The standard InChI is InChI=1S/C46H48Cl2FN7O5/c1-27-10-8-9-11-36(27)54(7)19-18-50-43(58)30-13-12-28(2)37(22-30)55-29(3)20-39(42(48)44(55)59)61-26-31-14-15-33(49)21-32(31)25-51-45(60)52-41-24-40(46(4,5)6)53-56(41)34-16-17-35(47)38(57)23-34/h8-17,20-24,57H,18-19,25-26H2,1-7H3,(H,50,58)(H2,51,52,60). The van der Waals surface area contributed by atoms with Crippen LogP contribution in [-0.4, -0.2) is 51.5 Å². The number of ether oxygens (including phenoxy) is 1. The number of likely N-dealkylation sites (N-methyl/N-ethyl adjacent to an activating group) is 1. The minimum absolute atomic E-state index is 0.0781. The van der Waals surface area contributed by atoms with Crippen LogP contribution in [0.5, 0.6) is 11.5 Å². The topological polar surface area (TPSA) is 143 Å². The van der Waals surface area contributed by atoms with Gasteiger partial charge in [0.15, 0.2) is 0 Å². The third-order valence-corrected chi connectivity index (χ3v) is 10.8. The van der Waals surface area contributed by atoms with Crippen molar-refractivity contribution in [1.82, 2.24) is 25.0 Å². The average molecular weight is 869 g/mol. The van der Waals surface area contributed by atoms with Crippen LogP contribution in [0.2, 0.25) is 10.0 Å². The Morgan fingerprint density at radius 3 is 2.38 bits per heavy atom. The SMILES string of the molecule is Cc1ccccc1N(C)CCNC(=O)c1ccc(C)c(-n2c(C)cc(OCc3ccc(F)cc3CNC(=O)Nc3cc(C(C)(C)C)nn3-c3ccc(Cl)c(O)c3)c(Cl)c2=O)c1. The zero-order valence-electron chi connectivity index (χ0n) is 35.0. The van der Waals surface area contributed by atoms with Gasteiger partial charge < -0.3 is 25.4 Å². The Morgan fingerprint density at radius 1 is 0.902 bits per heavy atom. The number of hydrogen-bond acceptors (Lipinski definition) is 7. The number of amides is 3. The highest BCUT2D eigenvalue weighted by Crippen LogP contribution is 2.31. The number of nitrogens with zero attached hydrogens (tertiary/aromatic N) is 4. The molecule has 0 bridgehead atoms. The maximum Gasteiger partial charge on any atom is 0.320 e. The second-order valence-corrected chi connectivity index (χ2v) is 16.6. The van der Waals surface area contributed by atoms with Crippen LogP contribution in [0.4, 0.5) is 20.7 Å². The number of urea groups is 1. The molecule has 4 aromatic carbocycles. The fourth-order valence-corrected chi connectivity index (χ4v) is 7.00. The Bertz CT molecular complexity index is 2670. The molecule has 0 radical (unpaired) electrons. The minimum atomic E-state index is -0.596. The summed E-state index contributed by atoms with van der Waals surface area (Å²) in [5.41, 5.74) is 5.57. The molecule has 0 fully saturated rings. The number of anilines is 2. The molecule has 6 aromatic rings. The monoisotopic (exact) mass is 867 g/mol. The summed E-state index contributed by atoms with van der Waals surface area (Å²) in [6.07, 6.45) is 0. The van der Waals surface area contributed by atoms with E-state index in [0.717, 1.165) is 16.8 Å². The summed E-state index contributed by atoms with van der Waals surface area (Å²) in [6, 6.07) is 24.7. The Balaban J connectivity index is 1.14. The van der Waals surface area contributed by atoms with E-state index in [-0.39, 0.29) is 46.0 Å². The van der Waals surface area contributed by atoms with Crippen LogP contribution in [0.15, 0.2) is 95.8 Å². The summed E-state index contributed by atoms with van der Waals surface area (Å²) in [6.45, 7) is 12.4. The third kappa shape index (κ3) is 10.4. The van der Waals surface area contributed by atoms with Gasteiger partial charge in [-0.25, -0.2) is 13.9 Å². The lowest BCUT2D eigenvalue weighted by atomic mass is 9.92. The first kappa shape index (κ1) is 44.2. The molecule has 4 N–H and O–H groups in total. The fourth-order valence-electron chi connectivity index (χ4n) is 6.69. The van der Waals surface area contributed by atoms with E-state index in [4.69, 9.17) is 27.9 Å². The van der Waals surface area contributed by atoms with Crippen molar-refractivity contribution in [3.63, 3.8) is 0 Å². The molecule has 2 heterocycles. The van der Waals surface area contributed by atoms with Gasteiger partial charge in [-0.15, -0.1) is 0 Å². The predicted octanol–water partition coefficient (Wildman–Crippen LogP) is 9.16. The molecular formula is C46H48Cl2FN7O5. The van der Waals surface area contributed by atoms with Crippen molar-refractivity contribution >= 4 is 46.6 Å². The van der Waals surface area contributed by atoms with Crippen molar-refractivity contribution in [2.75, 3.05) is 30.4 Å². The third-order valence-electron chi connectivity index (χ3n) is 10.2. The van der Waals surface area contributed by atoms with Gasteiger partial charge in [-0.3, -0.25) is 19.5 Å². The molecule has 3 amide bonds. The van der Waals surface area contributed by atoms with E-state index >= 15 is 0 Å². The van der Waals surface area contributed by atoms with Crippen molar-refractivity contribution in [2.24, 2.45) is 0 Å². The lowest BCUT2D eigenvalue weighted by Gasteiger charge is -2.21. The van der Waals surface area contributed by atoms with Crippen LogP contribution in [0, 0.1) is 26.6 Å². The van der Waals surface area contributed by atoms with Crippen molar-refractivity contribution in [3.05, 3.63) is 156 Å². The van der Waals surface area contributed by atoms with Crippen molar-refractivity contribution < 1.29 is 23.8 Å². The molecule has 0 spiro atoms. The maximum absolute atomic E-state index is 14.6. The molecule has 0 saturated heterocycles. The molecule has 61 heavy (non-hydrogen) atoms. The van der Waals surface area contributed by atoms with Crippen molar-refractivity contribution in [2.45, 2.75) is 60.1 Å². The smallest absolute Gasteiger partial charge is 0.320 e. The van der Waals surface area contributed by atoms with Gasteiger partial charge in [0, 0.05) is 67.2 Å². The number of aromatic nitrogens is 3. The van der Waals surface area contributed by atoms with Gasteiger partial charge in [-0.1, -0.05) is 74.3 Å². The van der Waals surface area contributed by atoms with Gasteiger partial charge in [-0.2, -0.15) is 5.10 Å². The second-order valence-electron chi connectivity index (χ2n) is 15.8. The zero-order chi connectivity index (χ0) is 44.2. The maximum atomic E-state index is 14.6. The molecule has 0 unspecified atom stereocenters. The van der Waals surface area contributed by atoms with E-state index in [1.165, 1.54) is 39.6 Å². The van der Waals surface area contributed by atoms with E-state index in [2.05, 4.69) is 25.9 Å². The fraction of sp³-hybridized carbons (Fsp3) is 0.261. The van der Waals surface area contributed by atoms with Crippen LogP contribution in [0.3, 0.4) is 0 Å². The number of aryl methyl sites for hydroxylation is 3. The van der Waals surface area contributed by atoms with E-state index in [0.29, 0.717) is 58.4 Å². The van der Waals surface area contributed by atoms with Gasteiger partial charge >= 0.3 is 6.03 Å². The summed E-state index contributed by atoms with van der Waals surface area (Å²) in [4.78, 5) is 42.4. The number of para-hydroxylation sites is 1. The number of halogens is 3. The number of benzene rings is 4. The molecule has 15 heteroatoms. The van der Waals surface area contributed by atoms with E-state index < -0.39 is 17.4 Å². The normalized spacial score (nSPS) is 11.3. The number of nitrogens with one attached hydrogen (secondary N) is 3. The highest BCUT2D eigenvalue weighted by Gasteiger charge is 2.23. The van der Waals surface area contributed by atoms with Crippen molar-refractivity contribution in [3.8, 4) is 22.9 Å². The summed E-state index contributed by atoms with van der Waals surface area (Å²) in [5.74, 6) is -0.500. The molecule has 0 atom stereocenters. The molecule has 0 aliphatic carbocycles. The average Bonchev–Trinajstić information content (AvgIpc) is 3.64. The van der Waals surface area contributed by atoms with Gasteiger partial charge in [0.25, 0.3) is 11.5 Å². The quantitative estimate of drug-likeness (QED) is 0.0907. The summed E-state index contributed by atoms with van der Waals surface area (Å²) in [7, 11) is 1.97. The van der Waals surface area contributed by atoms with Crippen LogP contribution >= 0.6 is 23.2 Å². The van der Waals surface area contributed by atoms with E-state index in [1.807, 2.05) is 65.9 Å². The number of pyridine rings is 1. The van der Waals surface area contributed by atoms with Gasteiger partial charge in [0.05, 0.1) is 22.1 Å². The molecule has 0 saturated carbocycles. The molecular weight excluding hydrogens is 820 g/mol. The number of phenols is 1. The van der Waals surface area contributed by atoms with Crippen LogP contribution in [0.1, 0.15) is 64.8 Å². The first-order chi connectivity index (χ1) is 28.9. The van der Waals surface area contributed by atoms with Crippen LogP contribution < -0.4 is 31.1 Å². The van der Waals surface area contributed by atoms with Gasteiger partial charge in [-0.05, 0) is 85.5 Å². The van der Waals surface area contributed by atoms with E-state index in [9.17, 15) is 23.9 Å². The number of hydrogen-bond donors (Lipinski definition) is 4. The van der Waals surface area contributed by atoms with Crippen molar-refractivity contribution in [1.29, 1.82) is 0 Å². The largest absolute Gasteiger partial charge is 0.506 e. The van der Waals surface area contributed by atoms with Gasteiger partial charge in [0.1, 0.15) is 34.8 Å². The molecule has 6 rings (SSSR count). The lowest BCUT2D eigenvalue weighted by Crippen LogP contribution is -2.33. The molecule has 318 valence electrons. The first-order valence-corrected chi connectivity index (χ1v) is 20.3. The van der Waals surface area contributed by atoms with Gasteiger partial charge in [0.2, 0.25) is 0 Å². The molecule has 2 aromatic heterocycles.